The van der Waals surface area contributed by atoms with Gasteiger partial charge in [-0.25, -0.2) is 4.39 Å². The molecule has 0 radical (unpaired) electrons. The van der Waals surface area contributed by atoms with Gasteiger partial charge in [-0.15, -0.1) is 0 Å². The van der Waals surface area contributed by atoms with Crippen molar-refractivity contribution >= 4 is 23.0 Å². The van der Waals surface area contributed by atoms with E-state index in [9.17, 15) is 19.3 Å². The highest BCUT2D eigenvalue weighted by Crippen LogP contribution is 2.35. The third-order valence-corrected chi connectivity index (χ3v) is 5.65. The van der Waals surface area contributed by atoms with E-state index in [4.69, 9.17) is 0 Å². The van der Waals surface area contributed by atoms with E-state index in [-0.39, 0.29) is 29.7 Å². The third-order valence-electron chi connectivity index (χ3n) is 5.65. The lowest BCUT2D eigenvalue weighted by Gasteiger charge is -2.28. The number of amides is 1. The minimum atomic E-state index is -0.950. The highest BCUT2D eigenvalue weighted by molar-refractivity contribution is 6.02. The maximum atomic E-state index is 13.7. The Hall–Kier alpha value is -2.38. The summed E-state index contributed by atoms with van der Waals surface area (Å²) in [4.78, 5) is 25.7. The number of rotatable bonds is 5. The van der Waals surface area contributed by atoms with Crippen molar-refractivity contribution in [2.45, 2.75) is 51.2 Å². The van der Waals surface area contributed by atoms with Gasteiger partial charge in [0.15, 0.2) is 0 Å². The molecule has 7 nitrogen and oxygen atoms in total. The van der Waals surface area contributed by atoms with E-state index < -0.39 is 11.1 Å². The van der Waals surface area contributed by atoms with Crippen molar-refractivity contribution in [3.8, 4) is 0 Å². The number of nitrogens with one attached hydrogen (secondary N) is 2. The molecule has 1 aliphatic heterocycles. The molecule has 0 spiro atoms. The molecule has 0 aromatic heterocycles. The highest BCUT2D eigenvalue weighted by Gasteiger charge is 2.30. The fraction of sp³-hybridized carbons (Fsp3) is 0.632. The quantitative estimate of drug-likeness (QED) is 0.605. The Kier molecular flexibility index (Phi) is 5.82. The van der Waals surface area contributed by atoms with E-state index in [0.717, 1.165) is 25.7 Å². The Morgan fingerprint density at radius 1 is 1.26 bits per heavy atom. The normalized spacial score (nSPS) is 25.3. The molecule has 3 rings (SSSR count). The summed E-state index contributed by atoms with van der Waals surface area (Å²) in [5, 5.41) is 17.3. The number of hydrogen-bond donors (Lipinski definition) is 2. The molecule has 2 fully saturated rings. The Bertz CT molecular complexity index is 719. The van der Waals surface area contributed by atoms with Crippen LogP contribution in [0.15, 0.2) is 12.1 Å². The second-order valence-electron chi connectivity index (χ2n) is 7.66. The fourth-order valence-corrected chi connectivity index (χ4v) is 3.98. The Labute approximate surface area is 158 Å². The first-order chi connectivity index (χ1) is 12.9. The average molecular weight is 378 g/mol. The van der Waals surface area contributed by atoms with Gasteiger partial charge in [0.2, 0.25) is 0 Å². The number of nitro benzene ring substituents is 1. The minimum Gasteiger partial charge on any atom is -0.383 e. The SMILES string of the molecule is CNc1cc(N2CC[C@@H](F)C2)c(C(=O)N[C@H]2CC[C@H](C)CC2)cc1[N+](=O)[O-]. The summed E-state index contributed by atoms with van der Waals surface area (Å²) in [7, 11) is 1.59. The Morgan fingerprint density at radius 3 is 2.52 bits per heavy atom. The minimum absolute atomic E-state index is 0.0806. The Balaban J connectivity index is 1.91. The lowest BCUT2D eigenvalue weighted by atomic mass is 9.87. The topological polar surface area (TPSA) is 87.5 Å². The first-order valence-corrected chi connectivity index (χ1v) is 9.59. The van der Waals surface area contributed by atoms with Crippen LogP contribution in [-0.2, 0) is 0 Å². The average Bonchev–Trinajstić information content (AvgIpc) is 3.08. The van der Waals surface area contributed by atoms with Crippen molar-refractivity contribution in [1.29, 1.82) is 0 Å². The monoisotopic (exact) mass is 378 g/mol. The molecule has 1 aromatic rings. The second-order valence-corrected chi connectivity index (χ2v) is 7.66. The summed E-state index contributed by atoms with van der Waals surface area (Å²) < 4.78 is 13.7. The van der Waals surface area contributed by atoms with E-state index >= 15 is 0 Å². The second kappa shape index (κ2) is 8.10. The summed E-state index contributed by atoms with van der Waals surface area (Å²) in [5.74, 6) is 0.341. The number of halogens is 1. The first kappa shape index (κ1) is 19.4. The summed E-state index contributed by atoms with van der Waals surface area (Å²) >= 11 is 0. The summed E-state index contributed by atoms with van der Waals surface area (Å²) in [6.45, 7) is 2.89. The van der Waals surface area contributed by atoms with Gasteiger partial charge in [-0.2, -0.15) is 0 Å². The van der Waals surface area contributed by atoms with Crippen molar-refractivity contribution in [2.75, 3.05) is 30.4 Å². The molecule has 1 saturated carbocycles. The van der Waals surface area contributed by atoms with E-state index in [1.165, 1.54) is 6.07 Å². The highest BCUT2D eigenvalue weighted by atomic mass is 19.1. The largest absolute Gasteiger partial charge is 0.383 e. The molecule has 1 heterocycles. The van der Waals surface area contributed by atoms with Crippen LogP contribution in [0.4, 0.5) is 21.5 Å². The molecule has 1 saturated heterocycles. The predicted molar refractivity (Wildman–Crippen MR) is 103 cm³/mol. The van der Waals surface area contributed by atoms with Crippen LogP contribution in [0.5, 0.6) is 0 Å². The van der Waals surface area contributed by atoms with E-state index in [1.807, 2.05) is 0 Å². The zero-order valence-electron chi connectivity index (χ0n) is 15.8. The van der Waals surface area contributed by atoms with Crippen LogP contribution in [0.3, 0.4) is 0 Å². The molecule has 1 atom stereocenters. The van der Waals surface area contributed by atoms with Crippen LogP contribution in [0.2, 0.25) is 0 Å². The van der Waals surface area contributed by atoms with Crippen LogP contribution in [0.25, 0.3) is 0 Å². The third kappa shape index (κ3) is 4.31. The summed E-state index contributed by atoms with van der Waals surface area (Å²) in [6.07, 6.45) is 3.39. The molecule has 148 valence electrons. The summed E-state index contributed by atoms with van der Waals surface area (Å²) in [5.41, 5.74) is 0.959. The van der Waals surface area contributed by atoms with Gasteiger partial charge in [0, 0.05) is 32.2 Å². The van der Waals surface area contributed by atoms with Gasteiger partial charge in [0.25, 0.3) is 11.6 Å². The molecule has 2 N–H and O–H groups in total. The number of alkyl halides is 1. The lowest BCUT2D eigenvalue weighted by molar-refractivity contribution is -0.383. The number of nitro groups is 1. The van der Waals surface area contributed by atoms with Crippen LogP contribution < -0.4 is 15.5 Å². The smallest absolute Gasteiger partial charge is 0.293 e. The van der Waals surface area contributed by atoms with Gasteiger partial charge in [-0.1, -0.05) is 6.92 Å². The molecule has 1 amide bonds. The zero-order chi connectivity index (χ0) is 19.6. The number of carbonyl (C=O) groups excluding carboxylic acids is 1. The molecule has 0 bridgehead atoms. The van der Waals surface area contributed by atoms with Crippen molar-refractivity contribution in [3.63, 3.8) is 0 Å². The maximum absolute atomic E-state index is 13.7. The fourth-order valence-electron chi connectivity index (χ4n) is 3.98. The van der Waals surface area contributed by atoms with Crippen molar-refractivity contribution in [1.82, 2.24) is 5.32 Å². The van der Waals surface area contributed by atoms with Gasteiger partial charge in [-0.05, 0) is 44.1 Å². The Morgan fingerprint density at radius 2 is 1.96 bits per heavy atom. The van der Waals surface area contributed by atoms with Gasteiger partial charge in [0.05, 0.1) is 16.2 Å². The molecule has 2 aliphatic rings. The van der Waals surface area contributed by atoms with Crippen LogP contribution in [-0.4, -0.2) is 43.2 Å². The molecular formula is C19H27FN4O3. The molecule has 27 heavy (non-hydrogen) atoms. The summed E-state index contributed by atoms with van der Waals surface area (Å²) in [6, 6.07) is 2.98. The predicted octanol–water partition coefficient (Wildman–Crippen LogP) is 3.49. The van der Waals surface area contributed by atoms with Gasteiger partial charge in [-0.3, -0.25) is 14.9 Å². The molecular weight excluding hydrogens is 351 g/mol. The number of benzene rings is 1. The molecule has 0 unspecified atom stereocenters. The van der Waals surface area contributed by atoms with Crippen molar-refractivity contribution in [2.24, 2.45) is 5.92 Å². The van der Waals surface area contributed by atoms with Gasteiger partial charge < -0.3 is 15.5 Å². The van der Waals surface area contributed by atoms with Gasteiger partial charge in [0.1, 0.15) is 11.9 Å². The van der Waals surface area contributed by atoms with E-state index in [1.54, 1.807) is 18.0 Å². The van der Waals surface area contributed by atoms with Gasteiger partial charge >= 0.3 is 0 Å². The van der Waals surface area contributed by atoms with Crippen molar-refractivity contribution in [3.05, 3.63) is 27.8 Å². The van der Waals surface area contributed by atoms with Crippen LogP contribution >= 0.6 is 0 Å². The number of anilines is 2. The molecule has 1 aliphatic carbocycles. The number of nitrogens with zero attached hydrogens (tertiary/aromatic N) is 2. The van der Waals surface area contributed by atoms with E-state index in [2.05, 4.69) is 17.6 Å². The van der Waals surface area contributed by atoms with Crippen molar-refractivity contribution < 1.29 is 14.1 Å². The lowest BCUT2D eigenvalue weighted by Crippen LogP contribution is -2.38. The zero-order valence-corrected chi connectivity index (χ0v) is 15.8. The van der Waals surface area contributed by atoms with Crippen LogP contribution in [0.1, 0.15) is 49.4 Å². The molecule has 1 aromatic carbocycles. The maximum Gasteiger partial charge on any atom is 0.293 e. The van der Waals surface area contributed by atoms with E-state index in [0.29, 0.717) is 30.3 Å². The number of hydrogen-bond acceptors (Lipinski definition) is 5. The standard InChI is InChI=1S/C19H27FN4O3/c1-12-3-5-14(6-4-12)22-19(25)15-9-18(24(26)27)16(21-2)10-17(15)23-8-7-13(20)11-23/h9-10,12-14,21H,3-8,11H2,1-2H3,(H,22,25)/t12-,13-,14-/m1/s1. The number of carbonyl (C=O) groups is 1. The molecule has 8 heteroatoms. The first-order valence-electron chi connectivity index (χ1n) is 9.59. The van der Waals surface area contributed by atoms with Crippen LogP contribution in [0, 0.1) is 16.0 Å².